The number of nitrogens with zero attached hydrogens (tertiary/aromatic N) is 1. The summed E-state index contributed by atoms with van der Waals surface area (Å²) >= 11 is 0. The molecular formula is C15H28N2O. The van der Waals surface area contributed by atoms with Gasteiger partial charge in [-0.2, -0.15) is 0 Å². The molecule has 0 radical (unpaired) electrons. The Hall–Kier alpha value is -0.800. The fourth-order valence-corrected chi connectivity index (χ4v) is 1.90. The van der Waals surface area contributed by atoms with Gasteiger partial charge in [0, 0.05) is 38.1 Å². The standard InChI is InChI=1S/C15H28N2O/c1-12(2)6-8-18-9-7-16-11-15-10-13(3)17(5)14(15)4/h10,12,16H,6-9,11H2,1-5H3. The summed E-state index contributed by atoms with van der Waals surface area (Å²) in [6.45, 7) is 12.3. The van der Waals surface area contributed by atoms with Crippen molar-refractivity contribution in [2.24, 2.45) is 13.0 Å². The van der Waals surface area contributed by atoms with E-state index in [1.807, 2.05) is 0 Å². The van der Waals surface area contributed by atoms with Crippen LogP contribution in [0.25, 0.3) is 0 Å². The van der Waals surface area contributed by atoms with Gasteiger partial charge in [-0.3, -0.25) is 0 Å². The lowest BCUT2D eigenvalue weighted by molar-refractivity contribution is 0.125. The molecule has 0 saturated carbocycles. The van der Waals surface area contributed by atoms with E-state index in [1.54, 1.807) is 0 Å². The van der Waals surface area contributed by atoms with Gasteiger partial charge >= 0.3 is 0 Å². The molecule has 0 spiro atoms. The van der Waals surface area contributed by atoms with Gasteiger partial charge in [0.15, 0.2) is 0 Å². The number of rotatable bonds is 8. The van der Waals surface area contributed by atoms with Gasteiger partial charge in [0.2, 0.25) is 0 Å². The first-order valence-electron chi connectivity index (χ1n) is 6.92. The minimum absolute atomic E-state index is 0.730. The number of hydrogen-bond acceptors (Lipinski definition) is 2. The normalized spacial score (nSPS) is 11.4. The van der Waals surface area contributed by atoms with Gasteiger partial charge in [-0.25, -0.2) is 0 Å². The van der Waals surface area contributed by atoms with Crippen LogP contribution in [0.3, 0.4) is 0 Å². The first-order valence-corrected chi connectivity index (χ1v) is 6.92. The molecule has 1 N–H and O–H groups in total. The van der Waals surface area contributed by atoms with Crippen LogP contribution in [0.4, 0.5) is 0 Å². The predicted octanol–water partition coefficient (Wildman–Crippen LogP) is 2.79. The quantitative estimate of drug-likeness (QED) is 0.720. The van der Waals surface area contributed by atoms with Crippen LogP contribution < -0.4 is 5.32 Å². The molecule has 0 atom stereocenters. The summed E-state index contributed by atoms with van der Waals surface area (Å²) in [6.07, 6.45) is 1.15. The molecule has 1 aromatic rings. The molecule has 104 valence electrons. The molecule has 0 saturated heterocycles. The van der Waals surface area contributed by atoms with E-state index in [4.69, 9.17) is 4.74 Å². The molecule has 3 nitrogen and oxygen atoms in total. The van der Waals surface area contributed by atoms with E-state index in [0.29, 0.717) is 0 Å². The zero-order valence-corrected chi connectivity index (χ0v) is 12.5. The predicted molar refractivity (Wildman–Crippen MR) is 76.9 cm³/mol. The van der Waals surface area contributed by atoms with Gasteiger partial charge in [0.05, 0.1) is 6.61 Å². The maximum atomic E-state index is 5.57. The Labute approximate surface area is 112 Å². The molecule has 18 heavy (non-hydrogen) atoms. The van der Waals surface area contributed by atoms with Crippen LogP contribution in [-0.4, -0.2) is 24.3 Å². The van der Waals surface area contributed by atoms with Crippen LogP contribution in [-0.2, 0) is 18.3 Å². The third kappa shape index (κ3) is 4.83. The SMILES string of the molecule is Cc1cc(CNCCOCCC(C)C)c(C)n1C. The zero-order valence-electron chi connectivity index (χ0n) is 12.5. The van der Waals surface area contributed by atoms with Crippen molar-refractivity contribution in [1.82, 2.24) is 9.88 Å². The second kappa shape index (κ2) is 7.59. The van der Waals surface area contributed by atoms with Gasteiger partial charge in [-0.15, -0.1) is 0 Å². The third-order valence-electron chi connectivity index (χ3n) is 3.46. The topological polar surface area (TPSA) is 26.2 Å². The maximum Gasteiger partial charge on any atom is 0.0591 e. The minimum atomic E-state index is 0.730. The highest BCUT2D eigenvalue weighted by molar-refractivity contribution is 5.26. The Morgan fingerprint density at radius 2 is 2.00 bits per heavy atom. The van der Waals surface area contributed by atoms with E-state index in [0.717, 1.165) is 38.6 Å². The van der Waals surface area contributed by atoms with Crippen LogP contribution in [0.1, 0.15) is 37.2 Å². The first kappa shape index (κ1) is 15.3. The molecule has 0 unspecified atom stereocenters. The van der Waals surface area contributed by atoms with Crippen molar-refractivity contribution < 1.29 is 4.74 Å². The molecule has 1 rings (SSSR count). The van der Waals surface area contributed by atoms with E-state index < -0.39 is 0 Å². The van der Waals surface area contributed by atoms with E-state index in [9.17, 15) is 0 Å². The van der Waals surface area contributed by atoms with Gasteiger partial charge in [-0.05, 0) is 37.8 Å². The lowest BCUT2D eigenvalue weighted by Gasteiger charge is -2.08. The van der Waals surface area contributed by atoms with Crippen LogP contribution in [0.2, 0.25) is 0 Å². The molecule has 3 heteroatoms. The summed E-state index contributed by atoms with van der Waals surface area (Å²) in [5.41, 5.74) is 4.05. The Bertz CT molecular complexity index is 356. The summed E-state index contributed by atoms with van der Waals surface area (Å²) < 4.78 is 7.81. The van der Waals surface area contributed by atoms with Crippen molar-refractivity contribution in [3.8, 4) is 0 Å². The highest BCUT2D eigenvalue weighted by atomic mass is 16.5. The summed E-state index contributed by atoms with van der Waals surface area (Å²) in [4.78, 5) is 0. The molecule has 0 aliphatic rings. The third-order valence-corrected chi connectivity index (χ3v) is 3.46. The Kier molecular flexibility index (Phi) is 6.44. The van der Waals surface area contributed by atoms with Gasteiger partial charge in [0.25, 0.3) is 0 Å². The minimum Gasteiger partial charge on any atom is -0.380 e. The number of nitrogens with one attached hydrogen (secondary N) is 1. The molecular weight excluding hydrogens is 224 g/mol. The molecule has 0 amide bonds. The second-order valence-corrected chi connectivity index (χ2v) is 5.43. The lowest BCUT2D eigenvalue weighted by atomic mass is 10.1. The summed E-state index contributed by atoms with van der Waals surface area (Å²) in [5, 5.41) is 3.43. The molecule has 0 aliphatic carbocycles. The van der Waals surface area contributed by atoms with Crippen LogP contribution >= 0.6 is 0 Å². The molecule has 0 aromatic carbocycles. The Morgan fingerprint density at radius 1 is 1.28 bits per heavy atom. The van der Waals surface area contributed by atoms with Crippen molar-refractivity contribution in [1.29, 1.82) is 0 Å². The first-order chi connectivity index (χ1) is 8.52. The summed E-state index contributed by atoms with van der Waals surface area (Å²) in [5.74, 6) is 0.730. The zero-order chi connectivity index (χ0) is 13.5. The fourth-order valence-electron chi connectivity index (χ4n) is 1.90. The lowest BCUT2D eigenvalue weighted by Crippen LogP contribution is -2.20. The van der Waals surface area contributed by atoms with Crippen LogP contribution in [0, 0.1) is 19.8 Å². The summed E-state index contributed by atoms with van der Waals surface area (Å²) in [7, 11) is 2.11. The van der Waals surface area contributed by atoms with Crippen molar-refractivity contribution in [2.75, 3.05) is 19.8 Å². The van der Waals surface area contributed by atoms with Crippen molar-refractivity contribution >= 4 is 0 Å². The smallest absolute Gasteiger partial charge is 0.0591 e. The number of aryl methyl sites for hydroxylation is 1. The molecule has 0 bridgehead atoms. The molecule has 1 aromatic heterocycles. The highest BCUT2D eigenvalue weighted by Gasteiger charge is 2.04. The molecule has 0 aliphatic heterocycles. The number of ether oxygens (including phenoxy) is 1. The highest BCUT2D eigenvalue weighted by Crippen LogP contribution is 2.12. The Morgan fingerprint density at radius 3 is 2.56 bits per heavy atom. The number of hydrogen-bond donors (Lipinski definition) is 1. The molecule has 0 fully saturated rings. The van der Waals surface area contributed by atoms with Crippen LogP contribution in [0.5, 0.6) is 0 Å². The van der Waals surface area contributed by atoms with Gasteiger partial charge in [0.1, 0.15) is 0 Å². The van der Waals surface area contributed by atoms with E-state index in [-0.39, 0.29) is 0 Å². The fraction of sp³-hybridized carbons (Fsp3) is 0.733. The van der Waals surface area contributed by atoms with E-state index in [1.165, 1.54) is 17.0 Å². The summed E-state index contributed by atoms with van der Waals surface area (Å²) in [6, 6.07) is 2.25. The van der Waals surface area contributed by atoms with Crippen molar-refractivity contribution in [3.05, 3.63) is 23.0 Å². The van der Waals surface area contributed by atoms with Crippen LogP contribution in [0.15, 0.2) is 6.07 Å². The second-order valence-electron chi connectivity index (χ2n) is 5.43. The van der Waals surface area contributed by atoms with E-state index in [2.05, 4.69) is 50.7 Å². The largest absolute Gasteiger partial charge is 0.380 e. The average molecular weight is 252 g/mol. The van der Waals surface area contributed by atoms with Crippen molar-refractivity contribution in [2.45, 2.75) is 40.7 Å². The van der Waals surface area contributed by atoms with Gasteiger partial charge < -0.3 is 14.6 Å². The Balaban J connectivity index is 2.13. The maximum absolute atomic E-state index is 5.57. The van der Waals surface area contributed by atoms with Crippen molar-refractivity contribution in [3.63, 3.8) is 0 Å². The molecule has 1 heterocycles. The van der Waals surface area contributed by atoms with E-state index >= 15 is 0 Å². The average Bonchev–Trinajstić information content (AvgIpc) is 2.55. The number of aromatic nitrogens is 1. The monoisotopic (exact) mass is 252 g/mol. The van der Waals surface area contributed by atoms with Gasteiger partial charge in [-0.1, -0.05) is 13.8 Å².